The molecule has 0 bridgehead atoms. The highest BCUT2D eigenvalue weighted by atomic mass is 16.7. The first-order valence-electron chi connectivity index (χ1n) is 7.99. The summed E-state index contributed by atoms with van der Waals surface area (Å²) in [4.78, 5) is 2.50. The molecule has 0 fully saturated rings. The number of hydrogen-bond acceptors (Lipinski definition) is 4. The van der Waals surface area contributed by atoms with E-state index in [1.54, 1.807) is 0 Å². The van der Waals surface area contributed by atoms with Gasteiger partial charge in [-0.2, -0.15) is 0 Å². The molecule has 2 rings (SSSR count). The van der Waals surface area contributed by atoms with Gasteiger partial charge in [0.15, 0.2) is 11.5 Å². The number of benzene rings is 1. The summed E-state index contributed by atoms with van der Waals surface area (Å²) in [5.74, 6) is 2.40. The highest BCUT2D eigenvalue weighted by Gasteiger charge is 2.19. The molecule has 21 heavy (non-hydrogen) atoms. The van der Waals surface area contributed by atoms with Crippen molar-refractivity contribution in [2.75, 3.05) is 33.0 Å². The van der Waals surface area contributed by atoms with Crippen LogP contribution < -0.4 is 14.8 Å². The quantitative estimate of drug-likeness (QED) is 0.798. The van der Waals surface area contributed by atoms with Crippen molar-refractivity contribution < 1.29 is 9.47 Å². The maximum atomic E-state index is 5.50. The summed E-state index contributed by atoms with van der Waals surface area (Å²) in [5.41, 5.74) is 1.27. The zero-order valence-corrected chi connectivity index (χ0v) is 13.7. The molecular weight excluding hydrogens is 264 g/mol. The van der Waals surface area contributed by atoms with Crippen molar-refractivity contribution in [1.82, 2.24) is 10.2 Å². The standard InChI is InChI=1S/C17H28N2O2/c1-5-18-15(11-19(6-2)10-13(3)4)14-7-8-16-17(9-14)21-12-20-16/h7-9,13,15,18H,5-6,10-12H2,1-4H3. The minimum atomic E-state index is 0.322. The van der Waals surface area contributed by atoms with Crippen LogP contribution in [0.2, 0.25) is 0 Å². The lowest BCUT2D eigenvalue weighted by Crippen LogP contribution is -2.37. The van der Waals surface area contributed by atoms with Gasteiger partial charge in [-0.1, -0.05) is 33.8 Å². The van der Waals surface area contributed by atoms with Crippen molar-refractivity contribution in [2.24, 2.45) is 5.92 Å². The van der Waals surface area contributed by atoms with Gasteiger partial charge in [-0.25, -0.2) is 0 Å². The molecule has 0 saturated heterocycles. The van der Waals surface area contributed by atoms with Gasteiger partial charge < -0.3 is 19.7 Å². The van der Waals surface area contributed by atoms with Gasteiger partial charge in [0, 0.05) is 19.1 Å². The summed E-state index contributed by atoms with van der Waals surface area (Å²) in [7, 11) is 0. The SMILES string of the molecule is CCNC(CN(CC)CC(C)C)c1ccc2c(c1)OCO2. The Morgan fingerprint density at radius 3 is 2.57 bits per heavy atom. The molecule has 0 spiro atoms. The van der Waals surface area contributed by atoms with Crippen LogP contribution in [-0.2, 0) is 0 Å². The topological polar surface area (TPSA) is 33.7 Å². The fourth-order valence-electron chi connectivity index (χ4n) is 2.77. The zero-order valence-electron chi connectivity index (χ0n) is 13.7. The minimum Gasteiger partial charge on any atom is -0.454 e. The second-order valence-corrected chi connectivity index (χ2v) is 5.97. The second kappa shape index (κ2) is 7.66. The molecule has 0 saturated carbocycles. The van der Waals surface area contributed by atoms with Crippen LogP contribution in [0.1, 0.15) is 39.3 Å². The van der Waals surface area contributed by atoms with E-state index in [0.29, 0.717) is 18.8 Å². The van der Waals surface area contributed by atoms with E-state index < -0.39 is 0 Å². The smallest absolute Gasteiger partial charge is 0.231 e. The molecule has 1 unspecified atom stereocenters. The average Bonchev–Trinajstić information content (AvgIpc) is 2.92. The summed E-state index contributed by atoms with van der Waals surface area (Å²) in [6, 6.07) is 6.59. The molecule has 1 aliphatic rings. The van der Waals surface area contributed by atoms with E-state index in [0.717, 1.165) is 37.7 Å². The van der Waals surface area contributed by atoms with Crippen molar-refractivity contribution in [3.05, 3.63) is 23.8 Å². The molecular formula is C17H28N2O2. The summed E-state index contributed by atoms with van der Waals surface area (Å²) in [6.07, 6.45) is 0. The molecule has 0 aliphatic carbocycles. The maximum absolute atomic E-state index is 5.50. The number of ether oxygens (including phenoxy) is 2. The summed E-state index contributed by atoms with van der Waals surface area (Å²) >= 11 is 0. The molecule has 0 amide bonds. The molecule has 0 aromatic heterocycles. The van der Waals surface area contributed by atoms with E-state index in [9.17, 15) is 0 Å². The molecule has 1 N–H and O–H groups in total. The number of hydrogen-bond donors (Lipinski definition) is 1. The zero-order chi connectivity index (χ0) is 15.2. The number of nitrogens with one attached hydrogen (secondary N) is 1. The number of rotatable bonds is 8. The van der Waals surface area contributed by atoms with Crippen LogP contribution in [0, 0.1) is 5.92 Å². The lowest BCUT2D eigenvalue weighted by molar-refractivity contribution is 0.174. The van der Waals surface area contributed by atoms with E-state index in [2.05, 4.69) is 50.0 Å². The van der Waals surface area contributed by atoms with Gasteiger partial charge in [0.2, 0.25) is 6.79 Å². The predicted molar refractivity (Wildman–Crippen MR) is 85.9 cm³/mol. The summed E-state index contributed by atoms with van der Waals surface area (Å²) in [6.45, 7) is 13.4. The molecule has 1 heterocycles. The Morgan fingerprint density at radius 1 is 1.14 bits per heavy atom. The normalized spacial score (nSPS) is 15.0. The first-order chi connectivity index (χ1) is 10.1. The summed E-state index contributed by atoms with van der Waals surface area (Å²) in [5, 5.41) is 3.59. The van der Waals surface area contributed by atoms with Crippen molar-refractivity contribution in [1.29, 1.82) is 0 Å². The Labute approximate surface area is 128 Å². The van der Waals surface area contributed by atoms with Crippen LogP contribution in [0.4, 0.5) is 0 Å². The fraction of sp³-hybridized carbons (Fsp3) is 0.647. The third-order valence-electron chi connectivity index (χ3n) is 3.76. The molecule has 1 aromatic carbocycles. The Balaban J connectivity index is 2.10. The highest BCUT2D eigenvalue weighted by molar-refractivity contribution is 5.45. The fourth-order valence-corrected chi connectivity index (χ4v) is 2.77. The van der Waals surface area contributed by atoms with Gasteiger partial charge in [-0.3, -0.25) is 0 Å². The van der Waals surface area contributed by atoms with Crippen molar-refractivity contribution in [3.63, 3.8) is 0 Å². The van der Waals surface area contributed by atoms with Crippen molar-refractivity contribution >= 4 is 0 Å². The second-order valence-electron chi connectivity index (χ2n) is 5.97. The van der Waals surface area contributed by atoms with Crippen molar-refractivity contribution in [2.45, 2.75) is 33.7 Å². The van der Waals surface area contributed by atoms with Gasteiger partial charge >= 0.3 is 0 Å². The lowest BCUT2D eigenvalue weighted by atomic mass is 10.0. The highest BCUT2D eigenvalue weighted by Crippen LogP contribution is 2.34. The van der Waals surface area contributed by atoms with E-state index >= 15 is 0 Å². The third kappa shape index (κ3) is 4.35. The van der Waals surface area contributed by atoms with Crippen LogP contribution in [0.15, 0.2) is 18.2 Å². The largest absolute Gasteiger partial charge is 0.454 e. The van der Waals surface area contributed by atoms with Gasteiger partial charge in [-0.05, 0) is 36.7 Å². The van der Waals surface area contributed by atoms with Crippen LogP contribution in [0.25, 0.3) is 0 Å². The molecule has 4 nitrogen and oxygen atoms in total. The van der Waals surface area contributed by atoms with E-state index in [-0.39, 0.29) is 0 Å². The molecule has 4 heteroatoms. The minimum absolute atomic E-state index is 0.322. The monoisotopic (exact) mass is 292 g/mol. The van der Waals surface area contributed by atoms with E-state index in [1.165, 1.54) is 5.56 Å². The Bertz CT molecular complexity index is 448. The summed E-state index contributed by atoms with van der Waals surface area (Å²) < 4.78 is 10.9. The molecule has 1 atom stereocenters. The van der Waals surface area contributed by atoms with Gasteiger partial charge in [0.1, 0.15) is 0 Å². The van der Waals surface area contributed by atoms with Gasteiger partial charge in [-0.15, -0.1) is 0 Å². The van der Waals surface area contributed by atoms with Crippen LogP contribution >= 0.6 is 0 Å². The number of likely N-dealkylation sites (N-methyl/N-ethyl adjacent to an activating group) is 2. The first kappa shape index (κ1) is 16.1. The van der Waals surface area contributed by atoms with Crippen LogP contribution in [0.3, 0.4) is 0 Å². The van der Waals surface area contributed by atoms with Gasteiger partial charge in [0.05, 0.1) is 0 Å². The molecule has 1 aliphatic heterocycles. The van der Waals surface area contributed by atoms with Crippen LogP contribution in [0.5, 0.6) is 11.5 Å². The molecule has 118 valence electrons. The number of nitrogens with zero attached hydrogens (tertiary/aromatic N) is 1. The third-order valence-corrected chi connectivity index (χ3v) is 3.76. The number of fused-ring (bicyclic) bond motifs is 1. The maximum Gasteiger partial charge on any atom is 0.231 e. The average molecular weight is 292 g/mol. The first-order valence-corrected chi connectivity index (χ1v) is 7.99. The Hall–Kier alpha value is -1.26. The predicted octanol–water partition coefficient (Wildman–Crippen LogP) is 3.04. The Morgan fingerprint density at radius 2 is 1.90 bits per heavy atom. The van der Waals surface area contributed by atoms with Crippen molar-refractivity contribution in [3.8, 4) is 11.5 Å². The lowest BCUT2D eigenvalue weighted by Gasteiger charge is -2.28. The molecule has 0 radical (unpaired) electrons. The Kier molecular flexibility index (Phi) is 5.88. The molecule has 1 aromatic rings. The van der Waals surface area contributed by atoms with E-state index in [1.807, 2.05) is 6.07 Å². The van der Waals surface area contributed by atoms with E-state index in [4.69, 9.17) is 9.47 Å². The van der Waals surface area contributed by atoms with Gasteiger partial charge in [0.25, 0.3) is 0 Å². The van der Waals surface area contributed by atoms with Crippen LogP contribution in [-0.4, -0.2) is 37.9 Å².